The summed E-state index contributed by atoms with van der Waals surface area (Å²) < 4.78 is 0. The number of piperazine rings is 1. The van der Waals surface area contributed by atoms with Gasteiger partial charge in [0.15, 0.2) is 0 Å². The van der Waals surface area contributed by atoms with Crippen LogP contribution in [-0.4, -0.2) is 58.8 Å². The first-order valence-electron chi connectivity index (χ1n) is 10.0. The number of benzene rings is 1. The molecule has 0 bridgehead atoms. The Kier molecular flexibility index (Phi) is 6.45. The van der Waals surface area contributed by atoms with Gasteiger partial charge in [-0.1, -0.05) is 36.8 Å². The van der Waals surface area contributed by atoms with Crippen LogP contribution in [-0.2, 0) is 12.8 Å². The van der Waals surface area contributed by atoms with E-state index in [2.05, 4.69) is 47.9 Å². The first-order chi connectivity index (χ1) is 13.0. The quantitative estimate of drug-likeness (QED) is 0.850. The molecule has 146 valence electrons. The van der Waals surface area contributed by atoms with Gasteiger partial charge in [-0.25, -0.2) is 9.97 Å². The summed E-state index contributed by atoms with van der Waals surface area (Å²) in [5.74, 6) is 1.94. The number of aryl methyl sites for hydroxylation is 3. The second-order valence-electron chi connectivity index (χ2n) is 7.68. The number of aliphatic hydroxyl groups is 1. The van der Waals surface area contributed by atoms with Gasteiger partial charge in [0, 0.05) is 50.4 Å². The summed E-state index contributed by atoms with van der Waals surface area (Å²) in [6.45, 7) is 12.7. The molecule has 5 heteroatoms. The van der Waals surface area contributed by atoms with Crippen molar-refractivity contribution in [2.45, 2.75) is 46.6 Å². The summed E-state index contributed by atoms with van der Waals surface area (Å²) in [4.78, 5) is 14.3. The third-order valence-corrected chi connectivity index (χ3v) is 5.18. The van der Waals surface area contributed by atoms with E-state index in [-0.39, 0.29) is 6.10 Å². The normalized spacial score (nSPS) is 16.6. The van der Waals surface area contributed by atoms with Crippen molar-refractivity contribution in [1.29, 1.82) is 0 Å². The molecular weight excluding hydrogens is 336 g/mol. The van der Waals surface area contributed by atoms with E-state index >= 15 is 0 Å². The maximum atomic E-state index is 9.65. The fraction of sp³-hybridized carbons (Fsp3) is 0.545. The molecule has 5 nitrogen and oxygen atoms in total. The van der Waals surface area contributed by atoms with Gasteiger partial charge in [-0.05, 0) is 32.8 Å². The predicted octanol–water partition coefficient (Wildman–Crippen LogP) is 2.75. The zero-order valence-electron chi connectivity index (χ0n) is 17.1. The Bertz CT molecular complexity index is 767. The number of aromatic nitrogens is 2. The fourth-order valence-corrected chi connectivity index (χ4v) is 3.91. The van der Waals surface area contributed by atoms with Crippen LogP contribution < -0.4 is 4.90 Å². The summed E-state index contributed by atoms with van der Waals surface area (Å²) in [5.41, 5.74) is 5.01. The monoisotopic (exact) mass is 368 g/mol. The van der Waals surface area contributed by atoms with Gasteiger partial charge in [-0.2, -0.15) is 0 Å². The van der Waals surface area contributed by atoms with E-state index in [1.807, 2.05) is 13.8 Å². The second kappa shape index (κ2) is 8.81. The minimum atomic E-state index is -0.276. The van der Waals surface area contributed by atoms with E-state index in [0.29, 0.717) is 0 Å². The van der Waals surface area contributed by atoms with Crippen molar-refractivity contribution in [3.63, 3.8) is 0 Å². The molecule has 1 aliphatic rings. The Morgan fingerprint density at radius 1 is 1.11 bits per heavy atom. The Labute approximate surface area is 163 Å². The molecule has 1 atom stereocenters. The van der Waals surface area contributed by atoms with Crippen LogP contribution >= 0.6 is 0 Å². The summed E-state index contributed by atoms with van der Waals surface area (Å²) in [7, 11) is 0. The molecule has 1 N–H and O–H groups in total. The molecule has 1 aliphatic heterocycles. The molecule has 1 unspecified atom stereocenters. The van der Waals surface area contributed by atoms with E-state index in [1.54, 1.807) is 0 Å². The maximum Gasteiger partial charge on any atom is 0.136 e. The predicted molar refractivity (Wildman–Crippen MR) is 110 cm³/mol. The molecule has 0 radical (unpaired) electrons. The number of aliphatic hydroxyl groups excluding tert-OH is 1. The minimum Gasteiger partial charge on any atom is -0.392 e. The second-order valence-corrected chi connectivity index (χ2v) is 7.68. The fourth-order valence-electron chi connectivity index (χ4n) is 3.91. The van der Waals surface area contributed by atoms with Crippen molar-refractivity contribution in [1.82, 2.24) is 14.9 Å². The van der Waals surface area contributed by atoms with E-state index in [0.717, 1.165) is 62.9 Å². The van der Waals surface area contributed by atoms with Gasteiger partial charge in [-0.3, -0.25) is 4.90 Å². The highest BCUT2D eigenvalue weighted by Gasteiger charge is 2.23. The Morgan fingerprint density at radius 3 is 2.48 bits per heavy atom. The molecular formula is C22H32N4O. The molecule has 3 rings (SSSR count). The summed E-state index contributed by atoms with van der Waals surface area (Å²) in [6, 6.07) is 8.71. The number of nitrogens with zero attached hydrogens (tertiary/aromatic N) is 4. The average Bonchev–Trinajstić information content (AvgIpc) is 2.63. The van der Waals surface area contributed by atoms with Crippen LogP contribution in [0.5, 0.6) is 0 Å². The standard InChI is InChI=1S/C22H32N4O/c1-5-21-20(14-19-8-6-7-16(2)13-19)22(24-18(4)23-21)26-11-9-25(10-12-26)15-17(3)27/h6-8,13,17,27H,5,9-12,14-15H2,1-4H3. The van der Waals surface area contributed by atoms with Crippen molar-refractivity contribution in [2.24, 2.45) is 0 Å². The van der Waals surface area contributed by atoms with Gasteiger partial charge in [0.1, 0.15) is 11.6 Å². The van der Waals surface area contributed by atoms with Gasteiger partial charge in [0.2, 0.25) is 0 Å². The van der Waals surface area contributed by atoms with E-state index in [4.69, 9.17) is 9.97 Å². The number of β-amino-alcohol motifs (C(OH)–C–C–N with tert-alkyl or cyclic N) is 1. The SMILES string of the molecule is CCc1nc(C)nc(N2CCN(CC(C)O)CC2)c1Cc1cccc(C)c1. The van der Waals surface area contributed by atoms with Crippen molar-refractivity contribution >= 4 is 5.82 Å². The highest BCUT2D eigenvalue weighted by atomic mass is 16.3. The molecule has 0 amide bonds. The lowest BCUT2D eigenvalue weighted by molar-refractivity contribution is 0.122. The van der Waals surface area contributed by atoms with Crippen molar-refractivity contribution in [3.8, 4) is 0 Å². The number of anilines is 1. The van der Waals surface area contributed by atoms with Gasteiger partial charge >= 0.3 is 0 Å². The topological polar surface area (TPSA) is 52.5 Å². The van der Waals surface area contributed by atoms with Gasteiger partial charge in [0.05, 0.1) is 6.10 Å². The first-order valence-corrected chi connectivity index (χ1v) is 10.0. The van der Waals surface area contributed by atoms with Crippen LogP contribution in [0.4, 0.5) is 5.82 Å². The lowest BCUT2D eigenvalue weighted by Crippen LogP contribution is -2.49. The highest BCUT2D eigenvalue weighted by Crippen LogP contribution is 2.26. The number of hydrogen-bond acceptors (Lipinski definition) is 5. The summed E-state index contributed by atoms with van der Waals surface area (Å²) in [5, 5.41) is 9.65. The van der Waals surface area contributed by atoms with Gasteiger partial charge in [-0.15, -0.1) is 0 Å². The zero-order valence-corrected chi connectivity index (χ0v) is 17.1. The van der Waals surface area contributed by atoms with Crippen LogP contribution in [0.25, 0.3) is 0 Å². The highest BCUT2D eigenvalue weighted by molar-refractivity contribution is 5.52. The Balaban J connectivity index is 1.87. The molecule has 2 aromatic rings. The third-order valence-electron chi connectivity index (χ3n) is 5.18. The van der Waals surface area contributed by atoms with Crippen LogP contribution in [0.3, 0.4) is 0 Å². The summed E-state index contributed by atoms with van der Waals surface area (Å²) >= 11 is 0. The molecule has 1 saturated heterocycles. The summed E-state index contributed by atoms with van der Waals surface area (Å²) in [6.07, 6.45) is 1.51. The molecule has 0 spiro atoms. The van der Waals surface area contributed by atoms with E-state index < -0.39 is 0 Å². The molecule has 1 aromatic carbocycles. The molecule has 1 aromatic heterocycles. The molecule has 0 saturated carbocycles. The largest absolute Gasteiger partial charge is 0.392 e. The average molecular weight is 369 g/mol. The van der Waals surface area contributed by atoms with Crippen molar-refractivity contribution in [3.05, 3.63) is 52.5 Å². The van der Waals surface area contributed by atoms with Crippen LogP contribution in [0, 0.1) is 13.8 Å². The molecule has 2 heterocycles. The number of rotatable bonds is 6. The molecule has 1 fully saturated rings. The zero-order chi connectivity index (χ0) is 19.4. The van der Waals surface area contributed by atoms with Crippen LogP contribution in [0.1, 0.15) is 42.1 Å². The van der Waals surface area contributed by atoms with E-state index in [9.17, 15) is 5.11 Å². The number of hydrogen-bond donors (Lipinski definition) is 1. The molecule has 27 heavy (non-hydrogen) atoms. The van der Waals surface area contributed by atoms with Gasteiger partial charge < -0.3 is 10.0 Å². The van der Waals surface area contributed by atoms with Crippen molar-refractivity contribution in [2.75, 3.05) is 37.6 Å². The minimum absolute atomic E-state index is 0.276. The van der Waals surface area contributed by atoms with E-state index in [1.165, 1.54) is 16.7 Å². The smallest absolute Gasteiger partial charge is 0.136 e. The van der Waals surface area contributed by atoms with Crippen LogP contribution in [0.15, 0.2) is 24.3 Å². The van der Waals surface area contributed by atoms with Crippen molar-refractivity contribution < 1.29 is 5.11 Å². The Morgan fingerprint density at radius 2 is 1.85 bits per heavy atom. The first kappa shape index (κ1) is 19.8. The Hall–Kier alpha value is -1.98. The lowest BCUT2D eigenvalue weighted by Gasteiger charge is -2.37. The maximum absolute atomic E-state index is 9.65. The molecule has 0 aliphatic carbocycles. The lowest BCUT2D eigenvalue weighted by atomic mass is 10.0. The van der Waals surface area contributed by atoms with Crippen LogP contribution in [0.2, 0.25) is 0 Å². The van der Waals surface area contributed by atoms with Gasteiger partial charge in [0.25, 0.3) is 0 Å². The third kappa shape index (κ3) is 5.05.